The van der Waals surface area contributed by atoms with Crippen molar-refractivity contribution < 1.29 is 4.79 Å². The van der Waals surface area contributed by atoms with Crippen LogP contribution in [0.3, 0.4) is 0 Å². The van der Waals surface area contributed by atoms with E-state index in [1.54, 1.807) is 48.8 Å². The van der Waals surface area contributed by atoms with E-state index < -0.39 is 0 Å². The Morgan fingerprint density at radius 1 is 1.12 bits per heavy atom. The fourth-order valence-corrected chi connectivity index (χ4v) is 1.52. The van der Waals surface area contributed by atoms with Crippen LogP contribution in [0.2, 0.25) is 0 Å². The number of nitrogens with zero attached hydrogens (tertiary/aromatic N) is 2. The number of hydrogen-bond acceptors (Lipinski definition) is 3. The maximum atomic E-state index is 11.9. The summed E-state index contributed by atoms with van der Waals surface area (Å²) in [4.78, 5) is 15.7. The summed E-state index contributed by atoms with van der Waals surface area (Å²) in [5.41, 5.74) is 2.17. The molecule has 0 bridgehead atoms. The number of Topliss-reactive ketones (excluding diaryl/α,β-unsaturated/α-hetero) is 1. The van der Waals surface area contributed by atoms with Crippen LogP contribution in [0.25, 0.3) is 0 Å². The molecule has 3 nitrogen and oxygen atoms in total. The SMILES string of the molecule is N#Cc1ccc(CC(=O)c2ccncc2)cc1. The van der Waals surface area contributed by atoms with E-state index in [4.69, 9.17) is 5.26 Å². The fourth-order valence-electron chi connectivity index (χ4n) is 1.52. The van der Waals surface area contributed by atoms with E-state index in [9.17, 15) is 4.79 Å². The van der Waals surface area contributed by atoms with Gasteiger partial charge in [-0.1, -0.05) is 12.1 Å². The monoisotopic (exact) mass is 222 g/mol. The predicted molar refractivity (Wildman–Crippen MR) is 63.4 cm³/mol. The summed E-state index contributed by atoms with van der Waals surface area (Å²) in [6, 6.07) is 12.5. The van der Waals surface area contributed by atoms with Gasteiger partial charge in [-0.15, -0.1) is 0 Å². The molecule has 0 unspecified atom stereocenters. The molecule has 0 aliphatic rings. The van der Waals surface area contributed by atoms with Gasteiger partial charge in [0.2, 0.25) is 0 Å². The molecule has 0 aliphatic carbocycles. The third kappa shape index (κ3) is 2.76. The second kappa shape index (κ2) is 5.04. The molecule has 0 spiro atoms. The maximum absolute atomic E-state index is 11.9. The molecule has 3 heteroatoms. The van der Waals surface area contributed by atoms with Crippen molar-refractivity contribution in [2.75, 3.05) is 0 Å². The number of hydrogen-bond donors (Lipinski definition) is 0. The molecule has 0 aliphatic heterocycles. The summed E-state index contributed by atoms with van der Waals surface area (Å²) in [6.07, 6.45) is 3.55. The first-order valence-electron chi connectivity index (χ1n) is 5.22. The van der Waals surface area contributed by atoms with Gasteiger partial charge in [-0.25, -0.2) is 0 Å². The summed E-state index contributed by atoms with van der Waals surface area (Å²) in [5.74, 6) is 0.0529. The molecule has 17 heavy (non-hydrogen) atoms. The van der Waals surface area contributed by atoms with Crippen molar-refractivity contribution in [1.29, 1.82) is 5.26 Å². The van der Waals surface area contributed by atoms with E-state index in [1.807, 2.05) is 6.07 Å². The molecule has 0 atom stereocenters. The Hall–Kier alpha value is -2.47. The van der Waals surface area contributed by atoms with Gasteiger partial charge in [-0.3, -0.25) is 9.78 Å². The third-order valence-electron chi connectivity index (χ3n) is 2.45. The molecule has 1 heterocycles. The van der Waals surface area contributed by atoms with Crippen LogP contribution in [0.5, 0.6) is 0 Å². The van der Waals surface area contributed by atoms with E-state index in [-0.39, 0.29) is 5.78 Å². The van der Waals surface area contributed by atoms with Crippen LogP contribution < -0.4 is 0 Å². The molecule has 2 aromatic rings. The van der Waals surface area contributed by atoms with E-state index in [1.165, 1.54) is 0 Å². The van der Waals surface area contributed by atoms with Crippen molar-refractivity contribution in [2.45, 2.75) is 6.42 Å². The van der Waals surface area contributed by atoms with Gasteiger partial charge in [-0.2, -0.15) is 5.26 Å². The molecule has 0 saturated carbocycles. The number of carbonyl (C=O) groups is 1. The summed E-state index contributed by atoms with van der Waals surface area (Å²) in [5, 5.41) is 8.66. The summed E-state index contributed by atoms with van der Waals surface area (Å²) < 4.78 is 0. The first-order valence-corrected chi connectivity index (χ1v) is 5.22. The van der Waals surface area contributed by atoms with Crippen molar-refractivity contribution in [3.05, 3.63) is 65.5 Å². The van der Waals surface area contributed by atoms with Gasteiger partial charge in [0, 0.05) is 24.4 Å². The van der Waals surface area contributed by atoms with Crippen molar-refractivity contribution in [2.24, 2.45) is 0 Å². The first-order chi connectivity index (χ1) is 8.29. The number of aromatic nitrogens is 1. The van der Waals surface area contributed by atoms with E-state index in [0.717, 1.165) is 5.56 Å². The Morgan fingerprint density at radius 2 is 1.76 bits per heavy atom. The van der Waals surface area contributed by atoms with E-state index >= 15 is 0 Å². The highest BCUT2D eigenvalue weighted by Crippen LogP contribution is 2.08. The number of carbonyl (C=O) groups excluding carboxylic acids is 1. The van der Waals surface area contributed by atoms with Gasteiger partial charge in [0.25, 0.3) is 0 Å². The average molecular weight is 222 g/mol. The lowest BCUT2D eigenvalue weighted by molar-refractivity contribution is 0.0993. The Balaban J connectivity index is 2.11. The topological polar surface area (TPSA) is 53.8 Å². The fraction of sp³-hybridized carbons (Fsp3) is 0.0714. The Morgan fingerprint density at radius 3 is 2.35 bits per heavy atom. The predicted octanol–water partition coefficient (Wildman–Crippen LogP) is 2.38. The highest BCUT2D eigenvalue weighted by atomic mass is 16.1. The number of ketones is 1. The Labute approximate surface area is 99.4 Å². The average Bonchev–Trinajstić information content (AvgIpc) is 2.40. The van der Waals surface area contributed by atoms with Crippen LogP contribution in [0.15, 0.2) is 48.8 Å². The third-order valence-corrected chi connectivity index (χ3v) is 2.45. The van der Waals surface area contributed by atoms with Gasteiger partial charge in [0.15, 0.2) is 5.78 Å². The number of rotatable bonds is 3. The number of nitriles is 1. The van der Waals surface area contributed by atoms with Crippen molar-refractivity contribution >= 4 is 5.78 Å². The van der Waals surface area contributed by atoms with E-state index in [0.29, 0.717) is 17.5 Å². The molecular weight excluding hydrogens is 212 g/mol. The van der Waals surface area contributed by atoms with Gasteiger partial charge < -0.3 is 0 Å². The molecule has 0 saturated heterocycles. The lowest BCUT2D eigenvalue weighted by Gasteiger charge is -2.01. The molecule has 0 amide bonds. The minimum absolute atomic E-state index is 0.0529. The largest absolute Gasteiger partial charge is 0.294 e. The summed E-state index contributed by atoms with van der Waals surface area (Å²) in [6.45, 7) is 0. The number of pyridine rings is 1. The van der Waals surface area contributed by atoms with Gasteiger partial charge in [-0.05, 0) is 29.8 Å². The molecule has 1 aromatic carbocycles. The standard InChI is InChI=1S/C14H10N2O/c15-10-12-3-1-11(2-4-12)9-14(17)13-5-7-16-8-6-13/h1-8H,9H2. The van der Waals surface area contributed by atoms with Crippen LogP contribution in [0, 0.1) is 11.3 Å². The molecule has 2 rings (SSSR count). The zero-order valence-corrected chi connectivity index (χ0v) is 9.13. The van der Waals surface area contributed by atoms with Crippen LogP contribution in [-0.4, -0.2) is 10.8 Å². The van der Waals surface area contributed by atoms with Crippen LogP contribution in [0.4, 0.5) is 0 Å². The van der Waals surface area contributed by atoms with Crippen LogP contribution in [-0.2, 0) is 6.42 Å². The Kier molecular flexibility index (Phi) is 3.27. The molecule has 82 valence electrons. The first kappa shape index (κ1) is 11.0. The maximum Gasteiger partial charge on any atom is 0.167 e. The van der Waals surface area contributed by atoms with Crippen molar-refractivity contribution in [1.82, 2.24) is 4.98 Å². The highest BCUT2D eigenvalue weighted by Gasteiger charge is 2.06. The normalized spacial score (nSPS) is 9.59. The molecule has 0 radical (unpaired) electrons. The highest BCUT2D eigenvalue weighted by molar-refractivity contribution is 5.97. The van der Waals surface area contributed by atoms with Crippen LogP contribution >= 0.6 is 0 Å². The lowest BCUT2D eigenvalue weighted by atomic mass is 10.0. The lowest BCUT2D eigenvalue weighted by Crippen LogP contribution is -2.03. The molecular formula is C14H10N2O. The zero-order chi connectivity index (χ0) is 12.1. The van der Waals surface area contributed by atoms with Crippen LogP contribution in [0.1, 0.15) is 21.5 Å². The Bertz CT molecular complexity index is 553. The minimum atomic E-state index is 0.0529. The van der Waals surface area contributed by atoms with Gasteiger partial charge in [0.1, 0.15) is 0 Å². The van der Waals surface area contributed by atoms with Crippen molar-refractivity contribution in [3.63, 3.8) is 0 Å². The second-order valence-electron chi connectivity index (χ2n) is 3.64. The quantitative estimate of drug-likeness (QED) is 0.749. The van der Waals surface area contributed by atoms with Gasteiger partial charge >= 0.3 is 0 Å². The number of benzene rings is 1. The van der Waals surface area contributed by atoms with Crippen molar-refractivity contribution in [3.8, 4) is 6.07 Å². The minimum Gasteiger partial charge on any atom is -0.294 e. The summed E-state index contributed by atoms with van der Waals surface area (Å²) in [7, 11) is 0. The smallest absolute Gasteiger partial charge is 0.167 e. The molecule has 0 fully saturated rings. The molecule has 1 aromatic heterocycles. The van der Waals surface area contributed by atoms with E-state index in [2.05, 4.69) is 4.98 Å². The van der Waals surface area contributed by atoms with Gasteiger partial charge in [0.05, 0.1) is 11.6 Å². The zero-order valence-electron chi connectivity index (χ0n) is 9.13. The second-order valence-corrected chi connectivity index (χ2v) is 3.64. The summed E-state index contributed by atoms with van der Waals surface area (Å²) >= 11 is 0. The molecule has 0 N–H and O–H groups in total.